The summed E-state index contributed by atoms with van der Waals surface area (Å²) in [5, 5.41) is 19.6. The quantitative estimate of drug-likeness (QED) is 0.419. The lowest BCUT2D eigenvalue weighted by Gasteiger charge is -2.24. The number of nitrogens with one attached hydrogen (secondary N) is 1. The van der Waals surface area contributed by atoms with Gasteiger partial charge in [-0.05, 0) is 49.0 Å². The summed E-state index contributed by atoms with van der Waals surface area (Å²) in [4.78, 5) is 28.0. The fourth-order valence-corrected chi connectivity index (χ4v) is 3.69. The Bertz CT molecular complexity index is 1190. The molecular formula is C25H26N4O6. The van der Waals surface area contributed by atoms with Crippen molar-refractivity contribution < 1.29 is 28.8 Å². The van der Waals surface area contributed by atoms with Crippen molar-refractivity contribution in [2.24, 2.45) is 0 Å². The van der Waals surface area contributed by atoms with Crippen LogP contribution in [0.15, 0.2) is 64.9 Å². The van der Waals surface area contributed by atoms with Gasteiger partial charge in [0.05, 0.1) is 6.10 Å². The second kappa shape index (κ2) is 11.4. The van der Waals surface area contributed by atoms with Crippen LogP contribution in [-0.2, 0) is 16.0 Å². The number of amides is 1. The number of aromatic nitrogens is 3. The van der Waals surface area contributed by atoms with Crippen LogP contribution in [0.25, 0.3) is 0 Å². The number of hydrogen-bond acceptors (Lipinski definition) is 8. The van der Waals surface area contributed by atoms with Crippen LogP contribution in [0.5, 0.6) is 11.8 Å². The molecule has 4 rings (SSSR count). The number of ether oxygens (including phenoxy) is 2. The van der Waals surface area contributed by atoms with Crippen LogP contribution in [-0.4, -0.2) is 51.0 Å². The Balaban J connectivity index is 1.36. The minimum Gasteiger partial charge on any atom is -0.479 e. The van der Waals surface area contributed by atoms with E-state index < -0.39 is 12.1 Å². The second-order valence-corrected chi connectivity index (χ2v) is 8.19. The second-order valence-electron chi connectivity index (χ2n) is 8.19. The number of aliphatic carboxylic acids is 1. The van der Waals surface area contributed by atoms with Gasteiger partial charge in [-0.3, -0.25) is 4.79 Å². The minimum atomic E-state index is -0.977. The Kier molecular flexibility index (Phi) is 7.84. The van der Waals surface area contributed by atoms with E-state index in [9.17, 15) is 9.59 Å². The highest BCUT2D eigenvalue weighted by atomic mass is 16.6. The third-order valence-electron chi connectivity index (χ3n) is 5.62. The number of carboxylic acids is 1. The number of nitrogens with zero attached hydrogens (tertiary/aromatic N) is 3. The Morgan fingerprint density at radius 3 is 2.74 bits per heavy atom. The van der Waals surface area contributed by atoms with Gasteiger partial charge in [0.2, 0.25) is 5.88 Å². The molecule has 2 aromatic heterocycles. The molecule has 2 N–H and O–H groups in total. The van der Waals surface area contributed by atoms with Gasteiger partial charge >= 0.3 is 5.97 Å². The lowest BCUT2D eigenvalue weighted by Crippen LogP contribution is -2.30. The Morgan fingerprint density at radius 2 is 2.00 bits per heavy atom. The van der Waals surface area contributed by atoms with Crippen molar-refractivity contribution in [3.05, 3.63) is 77.1 Å². The third kappa shape index (κ3) is 6.51. The zero-order valence-corrected chi connectivity index (χ0v) is 19.2. The number of carbonyl (C=O) groups excluding carboxylic acids is 1. The van der Waals surface area contributed by atoms with Crippen LogP contribution in [0.2, 0.25) is 0 Å². The molecule has 0 fully saturated rings. The van der Waals surface area contributed by atoms with Crippen LogP contribution >= 0.6 is 0 Å². The Morgan fingerprint density at radius 1 is 1.17 bits per heavy atom. The number of pyridine rings is 1. The summed E-state index contributed by atoms with van der Waals surface area (Å²) in [5.74, 6) is -1.06. The molecule has 0 saturated carbocycles. The van der Waals surface area contributed by atoms with Crippen molar-refractivity contribution in [1.29, 1.82) is 0 Å². The van der Waals surface area contributed by atoms with Gasteiger partial charge in [-0.15, -0.1) is 0 Å². The molecule has 0 radical (unpaired) electrons. The van der Waals surface area contributed by atoms with Gasteiger partial charge in [0.25, 0.3) is 11.8 Å². The normalized spacial score (nSPS) is 16.3. The SMILES string of the molecule is C[C@@H](OC1CC=C(CNC(=O)c2cccnc2Oc2nonc2Cc2ccccc2)CC1)C(=O)O. The van der Waals surface area contributed by atoms with Crippen molar-refractivity contribution >= 4 is 11.9 Å². The molecule has 3 aromatic rings. The van der Waals surface area contributed by atoms with Crippen molar-refractivity contribution in [3.8, 4) is 11.8 Å². The molecule has 0 saturated heterocycles. The van der Waals surface area contributed by atoms with Crippen LogP contribution in [0.3, 0.4) is 0 Å². The molecule has 1 aliphatic carbocycles. The minimum absolute atomic E-state index is 0.101. The van der Waals surface area contributed by atoms with E-state index >= 15 is 0 Å². The van der Waals surface area contributed by atoms with E-state index in [4.69, 9.17) is 19.2 Å². The summed E-state index contributed by atoms with van der Waals surface area (Å²) in [5.41, 5.74) is 2.82. The monoisotopic (exact) mass is 478 g/mol. The molecule has 182 valence electrons. The molecule has 1 aliphatic rings. The first-order chi connectivity index (χ1) is 17.0. The van der Waals surface area contributed by atoms with Gasteiger partial charge in [-0.1, -0.05) is 47.1 Å². The fourth-order valence-electron chi connectivity index (χ4n) is 3.69. The van der Waals surface area contributed by atoms with E-state index in [2.05, 4.69) is 20.6 Å². The summed E-state index contributed by atoms with van der Waals surface area (Å²) in [6.07, 6.45) is 5.00. The maximum absolute atomic E-state index is 12.9. The van der Waals surface area contributed by atoms with Crippen LogP contribution in [0.4, 0.5) is 0 Å². The highest BCUT2D eigenvalue weighted by Gasteiger charge is 2.22. The molecule has 0 aliphatic heterocycles. The Hall–Kier alpha value is -4.05. The first kappa shape index (κ1) is 24.1. The standard InChI is InChI=1S/C25H26N4O6/c1-16(25(31)32)33-19-11-9-18(10-12-19)15-27-22(30)20-8-5-13-26-23(20)34-24-21(28-35-29-24)14-17-6-3-2-4-7-17/h2-9,13,16,19H,10-12,14-15H2,1H3,(H,27,30)(H,31,32)/t16-,19?/m1/s1. The molecule has 10 heteroatoms. The number of hydrogen-bond donors (Lipinski definition) is 2. The van der Waals surface area contributed by atoms with Gasteiger partial charge in [0.1, 0.15) is 5.56 Å². The predicted octanol–water partition coefficient (Wildman–Crippen LogP) is 3.55. The van der Waals surface area contributed by atoms with Crippen molar-refractivity contribution in [2.45, 2.75) is 44.8 Å². The number of carboxylic acid groups (broad SMARTS) is 1. The van der Waals surface area contributed by atoms with E-state index in [1.165, 1.54) is 13.1 Å². The molecule has 0 spiro atoms. The van der Waals surface area contributed by atoms with E-state index in [1.54, 1.807) is 12.1 Å². The molecule has 1 unspecified atom stereocenters. The predicted molar refractivity (Wildman–Crippen MR) is 124 cm³/mol. The molecule has 2 heterocycles. The van der Waals surface area contributed by atoms with Crippen LogP contribution in [0, 0.1) is 0 Å². The fraction of sp³-hybridized carbons (Fsp3) is 0.320. The topological polar surface area (TPSA) is 137 Å². The molecule has 35 heavy (non-hydrogen) atoms. The zero-order valence-electron chi connectivity index (χ0n) is 19.2. The highest BCUT2D eigenvalue weighted by molar-refractivity contribution is 5.96. The molecule has 0 bridgehead atoms. The molecule has 1 amide bonds. The molecular weight excluding hydrogens is 452 g/mol. The van der Waals surface area contributed by atoms with Crippen LogP contribution in [0.1, 0.15) is 47.8 Å². The summed E-state index contributed by atoms with van der Waals surface area (Å²) < 4.78 is 16.2. The lowest BCUT2D eigenvalue weighted by molar-refractivity contribution is -0.153. The maximum Gasteiger partial charge on any atom is 0.332 e. The average Bonchev–Trinajstić information content (AvgIpc) is 3.30. The van der Waals surface area contributed by atoms with E-state index in [-0.39, 0.29) is 29.3 Å². The number of rotatable bonds is 10. The largest absolute Gasteiger partial charge is 0.479 e. The third-order valence-corrected chi connectivity index (χ3v) is 5.62. The summed E-state index contributed by atoms with van der Waals surface area (Å²) >= 11 is 0. The number of carbonyl (C=O) groups is 2. The van der Waals surface area contributed by atoms with Gasteiger partial charge in [-0.2, -0.15) is 0 Å². The van der Waals surface area contributed by atoms with Gasteiger partial charge < -0.3 is 19.9 Å². The van der Waals surface area contributed by atoms with Gasteiger partial charge in [0.15, 0.2) is 11.8 Å². The van der Waals surface area contributed by atoms with E-state index in [0.29, 0.717) is 37.9 Å². The van der Waals surface area contributed by atoms with Gasteiger partial charge in [0, 0.05) is 19.2 Å². The highest BCUT2D eigenvalue weighted by Crippen LogP contribution is 2.26. The molecule has 10 nitrogen and oxygen atoms in total. The lowest BCUT2D eigenvalue weighted by atomic mass is 9.97. The van der Waals surface area contributed by atoms with Crippen LogP contribution < -0.4 is 10.1 Å². The van der Waals surface area contributed by atoms with Crippen molar-refractivity contribution in [1.82, 2.24) is 20.6 Å². The maximum atomic E-state index is 12.9. The molecule has 2 atom stereocenters. The summed E-state index contributed by atoms with van der Waals surface area (Å²) in [6.45, 7) is 1.88. The van der Waals surface area contributed by atoms with E-state index in [1.807, 2.05) is 36.4 Å². The summed E-state index contributed by atoms with van der Waals surface area (Å²) in [7, 11) is 0. The van der Waals surface area contributed by atoms with Gasteiger partial charge in [-0.25, -0.2) is 14.4 Å². The van der Waals surface area contributed by atoms with Crippen molar-refractivity contribution in [3.63, 3.8) is 0 Å². The Labute approximate surface area is 201 Å². The average molecular weight is 479 g/mol. The first-order valence-electron chi connectivity index (χ1n) is 11.3. The van der Waals surface area contributed by atoms with Crippen molar-refractivity contribution in [2.75, 3.05) is 6.54 Å². The smallest absolute Gasteiger partial charge is 0.332 e. The number of benzene rings is 1. The summed E-state index contributed by atoms with van der Waals surface area (Å²) in [6, 6.07) is 13.0. The van der Waals surface area contributed by atoms with E-state index in [0.717, 1.165) is 11.1 Å². The molecule has 1 aromatic carbocycles. The first-order valence-corrected chi connectivity index (χ1v) is 11.3. The zero-order chi connectivity index (χ0) is 24.6.